The largest absolute Gasteiger partial charge is 0.375 e. The zero-order valence-electron chi connectivity index (χ0n) is 14.6. The lowest BCUT2D eigenvalue weighted by molar-refractivity contribution is -0.130. The SMILES string of the molecule is O=C(CNc1ccccc1Cl)N1CCC(c2nc3cc(Cl)ccc3s2)CC1. The molecule has 0 atom stereocenters. The molecular weight excluding hydrogens is 401 g/mol. The predicted octanol–water partition coefficient (Wildman–Crippen LogP) is 5.42. The molecule has 1 aliphatic heterocycles. The second-order valence-electron chi connectivity index (χ2n) is 6.65. The van der Waals surface area contributed by atoms with Crippen LogP contribution >= 0.6 is 34.5 Å². The van der Waals surface area contributed by atoms with Gasteiger partial charge in [-0.15, -0.1) is 11.3 Å². The van der Waals surface area contributed by atoms with Crippen molar-refractivity contribution in [3.63, 3.8) is 0 Å². The van der Waals surface area contributed by atoms with E-state index in [4.69, 9.17) is 28.2 Å². The van der Waals surface area contributed by atoms with Crippen molar-refractivity contribution in [1.29, 1.82) is 0 Å². The number of aromatic nitrogens is 1. The number of rotatable bonds is 4. The third kappa shape index (κ3) is 4.21. The van der Waals surface area contributed by atoms with Gasteiger partial charge < -0.3 is 10.2 Å². The number of fused-ring (bicyclic) bond motifs is 1. The van der Waals surface area contributed by atoms with Gasteiger partial charge in [-0.3, -0.25) is 4.79 Å². The molecule has 0 radical (unpaired) electrons. The van der Waals surface area contributed by atoms with E-state index in [1.165, 1.54) is 0 Å². The fourth-order valence-electron chi connectivity index (χ4n) is 3.36. The number of para-hydroxylation sites is 1. The minimum absolute atomic E-state index is 0.101. The molecule has 0 aliphatic carbocycles. The summed E-state index contributed by atoms with van der Waals surface area (Å²) < 4.78 is 1.16. The second-order valence-corrected chi connectivity index (χ2v) is 8.56. The number of carbonyl (C=O) groups is 1. The highest BCUT2D eigenvalue weighted by atomic mass is 35.5. The number of hydrogen-bond donors (Lipinski definition) is 1. The van der Waals surface area contributed by atoms with Gasteiger partial charge in [0.05, 0.1) is 32.5 Å². The molecule has 1 aliphatic rings. The lowest BCUT2D eigenvalue weighted by Gasteiger charge is -2.31. The van der Waals surface area contributed by atoms with Gasteiger partial charge in [0.15, 0.2) is 0 Å². The summed E-state index contributed by atoms with van der Waals surface area (Å²) in [5.74, 6) is 0.506. The standard InChI is InChI=1S/C20H19Cl2N3OS/c21-14-5-6-18-17(11-14)24-20(27-18)13-7-9-25(10-8-13)19(26)12-23-16-4-2-1-3-15(16)22/h1-6,11,13,23H,7-10,12H2. The molecule has 3 aromatic rings. The molecule has 0 saturated carbocycles. The van der Waals surface area contributed by atoms with Gasteiger partial charge in [-0.05, 0) is 43.2 Å². The Morgan fingerprint density at radius 2 is 1.96 bits per heavy atom. The lowest BCUT2D eigenvalue weighted by atomic mass is 9.97. The number of nitrogens with zero attached hydrogens (tertiary/aromatic N) is 2. The lowest BCUT2D eigenvalue weighted by Crippen LogP contribution is -2.40. The van der Waals surface area contributed by atoms with Crippen LogP contribution in [0.2, 0.25) is 10.0 Å². The Morgan fingerprint density at radius 1 is 1.19 bits per heavy atom. The van der Waals surface area contributed by atoms with Gasteiger partial charge in [-0.2, -0.15) is 0 Å². The van der Waals surface area contributed by atoms with Crippen LogP contribution in [0.25, 0.3) is 10.2 Å². The second kappa shape index (κ2) is 8.05. The maximum Gasteiger partial charge on any atom is 0.241 e. The number of likely N-dealkylation sites (tertiary alicyclic amines) is 1. The number of hydrogen-bond acceptors (Lipinski definition) is 4. The van der Waals surface area contributed by atoms with Crippen molar-refractivity contribution in [3.05, 3.63) is 57.5 Å². The molecule has 1 saturated heterocycles. The minimum Gasteiger partial charge on any atom is -0.375 e. The summed E-state index contributed by atoms with van der Waals surface area (Å²) in [6.07, 6.45) is 1.87. The van der Waals surface area contributed by atoms with Gasteiger partial charge in [0.2, 0.25) is 5.91 Å². The van der Waals surface area contributed by atoms with Crippen molar-refractivity contribution in [2.75, 3.05) is 25.0 Å². The monoisotopic (exact) mass is 419 g/mol. The molecule has 4 rings (SSSR count). The van der Waals surface area contributed by atoms with Gasteiger partial charge in [-0.1, -0.05) is 35.3 Å². The fourth-order valence-corrected chi connectivity index (χ4v) is 4.84. The smallest absolute Gasteiger partial charge is 0.241 e. The number of halogens is 2. The number of amides is 1. The van der Waals surface area contributed by atoms with Gasteiger partial charge >= 0.3 is 0 Å². The molecular formula is C20H19Cl2N3OS. The summed E-state index contributed by atoms with van der Waals surface area (Å²) in [7, 11) is 0. The number of benzene rings is 2. The van der Waals surface area contributed by atoms with E-state index in [1.54, 1.807) is 11.3 Å². The Morgan fingerprint density at radius 3 is 2.74 bits per heavy atom. The highest BCUT2D eigenvalue weighted by molar-refractivity contribution is 7.18. The van der Waals surface area contributed by atoms with Crippen LogP contribution in [0.5, 0.6) is 0 Å². The minimum atomic E-state index is 0.101. The van der Waals surface area contributed by atoms with Crippen LogP contribution < -0.4 is 5.32 Å². The maximum absolute atomic E-state index is 12.5. The third-order valence-electron chi connectivity index (χ3n) is 4.87. The molecule has 1 amide bonds. The molecule has 27 heavy (non-hydrogen) atoms. The first-order valence-electron chi connectivity index (χ1n) is 8.92. The quantitative estimate of drug-likeness (QED) is 0.613. The summed E-state index contributed by atoms with van der Waals surface area (Å²) in [4.78, 5) is 19.2. The molecule has 1 fully saturated rings. The number of carbonyl (C=O) groups excluding carboxylic acids is 1. The van der Waals surface area contributed by atoms with Gasteiger partial charge in [-0.25, -0.2) is 4.98 Å². The van der Waals surface area contributed by atoms with Crippen LogP contribution in [0, 0.1) is 0 Å². The van der Waals surface area contributed by atoms with E-state index in [1.807, 2.05) is 47.4 Å². The van der Waals surface area contributed by atoms with Crippen LogP contribution in [0.4, 0.5) is 5.69 Å². The molecule has 1 aromatic heterocycles. The van der Waals surface area contributed by atoms with E-state index in [0.29, 0.717) is 16.0 Å². The molecule has 7 heteroatoms. The first kappa shape index (κ1) is 18.5. The molecule has 2 aromatic carbocycles. The number of thiazole rings is 1. The summed E-state index contributed by atoms with van der Waals surface area (Å²) in [5, 5.41) is 5.62. The molecule has 4 nitrogen and oxygen atoms in total. The average molecular weight is 420 g/mol. The molecule has 1 N–H and O–H groups in total. The van der Waals surface area contributed by atoms with E-state index >= 15 is 0 Å². The van der Waals surface area contributed by atoms with Crippen molar-refractivity contribution < 1.29 is 4.79 Å². The highest BCUT2D eigenvalue weighted by Crippen LogP contribution is 2.34. The van der Waals surface area contributed by atoms with Crippen LogP contribution in [-0.4, -0.2) is 35.4 Å². The van der Waals surface area contributed by atoms with E-state index < -0.39 is 0 Å². The third-order valence-corrected chi connectivity index (χ3v) is 6.63. The van der Waals surface area contributed by atoms with E-state index in [0.717, 1.165) is 46.8 Å². The van der Waals surface area contributed by atoms with Crippen molar-refractivity contribution in [2.24, 2.45) is 0 Å². The summed E-state index contributed by atoms with van der Waals surface area (Å²) in [6.45, 7) is 1.77. The Kier molecular flexibility index (Phi) is 5.53. The van der Waals surface area contributed by atoms with Crippen LogP contribution in [0.15, 0.2) is 42.5 Å². The molecule has 0 unspecified atom stereocenters. The van der Waals surface area contributed by atoms with Gasteiger partial charge in [0, 0.05) is 24.0 Å². The molecule has 0 spiro atoms. The van der Waals surface area contributed by atoms with Gasteiger partial charge in [0.1, 0.15) is 0 Å². The first-order valence-corrected chi connectivity index (χ1v) is 10.5. The topological polar surface area (TPSA) is 45.2 Å². The number of anilines is 1. The zero-order valence-corrected chi connectivity index (χ0v) is 16.9. The molecule has 2 heterocycles. The van der Waals surface area contributed by atoms with Crippen molar-refractivity contribution >= 4 is 56.3 Å². The Hall–Kier alpha value is -1.82. The Labute approximate surface area is 172 Å². The normalized spacial score (nSPS) is 15.3. The first-order chi connectivity index (χ1) is 13.1. The summed E-state index contributed by atoms with van der Waals surface area (Å²) in [6, 6.07) is 13.3. The van der Waals surface area contributed by atoms with Crippen LogP contribution in [-0.2, 0) is 4.79 Å². The Bertz CT molecular complexity index is 967. The molecule has 0 bridgehead atoms. The van der Waals surface area contributed by atoms with E-state index in [9.17, 15) is 4.79 Å². The molecule has 140 valence electrons. The Balaban J connectivity index is 1.34. The van der Waals surface area contributed by atoms with E-state index in [2.05, 4.69) is 5.32 Å². The number of nitrogens with one attached hydrogen (secondary N) is 1. The summed E-state index contributed by atoms with van der Waals surface area (Å²) >= 11 is 13.9. The van der Waals surface area contributed by atoms with Gasteiger partial charge in [0.25, 0.3) is 0 Å². The van der Waals surface area contributed by atoms with Crippen molar-refractivity contribution in [2.45, 2.75) is 18.8 Å². The van der Waals surface area contributed by atoms with Crippen LogP contribution in [0.1, 0.15) is 23.8 Å². The fraction of sp³-hybridized carbons (Fsp3) is 0.300. The van der Waals surface area contributed by atoms with Crippen molar-refractivity contribution in [3.8, 4) is 0 Å². The highest BCUT2D eigenvalue weighted by Gasteiger charge is 2.25. The average Bonchev–Trinajstić information content (AvgIpc) is 3.10. The maximum atomic E-state index is 12.5. The van der Waals surface area contributed by atoms with Crippen LogP contribution in [0.3, 0.4) is 0 Å². The van der Waals surface area contributed by atoms with E-state index in [-0.39, 0.29) is 12.5 Å². The van der Waals surface area contributed by atoms with Crippen molar-refractivity contribution in [1.82, 2.24) is 9.88 Å². The summed E-state index contributed by atoms with van der Waals surface area (Å²) in [5.41, 5.74) is 1.75. The zero-order chi connectivity index (χ0) is 18.8. The predicted molar refractivity (Wildman–Crippen MR) is 113 cm³/mol. The number of piperidine rings is 1.